The van der Waals surface area contributed by atoms with Crippen molar-refractivity contribution < 1.29 is 9.18 Å². The van der Waals surface area contributed by atoms with E-state index in [1.165, 1.54) is 23.9 Å². The number of amides is 1. The molecule has 1 aromatic heterocycles. The quantitative estimate of drug-likeness (QED) is 0.414. The molecule has 0 spiro atoms. The molecule has 0 bridgehead atoms. The molecule has 3 aromatic carbocycles. The van der Waals surface area contributed by atoms with Gasteiger partial charge < -0.3 is 9.88 Å². The van der Waals surface area contributed by atoms with Crippen LogP contribution in [0.15, 0.2) is 84.0 Å². The van der Waals surface area contributed by atoms with Gasteiger partial charge in [-0.1, -0.05) is 60.3 Å². The molecule has 1 unspecified atom stereocenters. The van der Waals surface area contributed by atoms with Crippen LogP contribution in [0.4, 0.5) is 10.1 Å². The number of carbonyl (C=O) groups excluding carboxylic acids is 1. The molecule has 1 N–H and O–H groups in total. The molecule has 0 aliphatic rings. The van der Waals surface area contributed by atoms with Crippen LogP contribution in [0.2, 0.25) is 0 Å². The number of hydrogen-bond donors (Lipinski definition) is 1. The highest BCUT2D eigenvalue weighted by Crippen LogP contribution is 2.30. The van der Waals surface area contributed by atoms with Crippen molar-refractivity contribution in [1.82, 2.24) is 14.8 Å². The molecule has 7 heteroatoms. The van der Waals surface area contributed by atoms with Crippen LogP contribution in [0, 0.1) is 5.82 Å². The van der Waals surface area contributed by atoms with Crippen LogP contribution < -0.4 is 5.32 Å². The minimum atomic E-state index is -0.396. The summed E-state index contributed by atoms with van der Waals surface area (Å²) in [5, 5.41) is 11.7. The van der Waals surface area contributed by atoms with Gasteiger partial charge in [0.1, 0.15) is 5.82 Å². The van der Waals surface area contributed by atoms with E-state index in [9.17, 15) is 9.18 Å². The van der Waals surface area contributed by atoms with Gasteiger partial charge in [-0.25, -0.2) is 4.39 Å². The highest BCUT2D eigenvalue weighted by Gasteiger charge is 2.20. The highest BCUT2D eigenvalue weighted by atomic mass is 32.2. The smallest absolute Gasteiger partial charge is 0.237 e. The lowest BCUT2D eigenvalue weighted by Crippen LogP contribution is -2.23. The lowest BCUT2D eigenvalue weighted by molar-refractivity contribution is -0.115. The molecule has 0 aliphatic carbocycles. The summed E-state index contributed by atoms with van der Waals surface area (Å²) in [4.78, 5) is 12.9. The summed E-state index contributed by atoms with van der Waals surface area (Å²) in [6.45, 7) is 1.83. The molecule has 1 atom stereocenters. The minimum Gasteiger partial charge on any atom is -0.325 e. The van der Waals surface area contributed by atoms with E-state index >= 15 is 0 Å². The molecular formula is C24H21FN4OS. The van der Waals surface area contributed by atoms with E-state index < -0.39 is 5.25 Å². The Morgan fingerprint density at radius 2 is 1.61 bits per heavy atom. The molecule has 4 aromatic rings. The Hall–Kier alpha value is -3.45. The third-order valence-corrected chi connectivity index (χ3v) is 5.99. The number of rotatable bonds is 6. The van der Waals surface area contributed by atoms with Crippen molar-refractivity contribution in [3.05, 3.63) is 84.7 Å². The largest absolute Gasteiger partial charge is 0.325 e. The van der Waals surface area contributed by atoms with Gasteiger partial charge in [0.05, 0.1) is 5.25 Å². The zero-order valence-electron chi connectivity index (χ0n) is 17.1. The van der Waals surface area contributed by atoms with Crippen LogP contribution in [-0.2, 0) is 11.8 Å². The zero-order valence-corrected chi connectivity index (χ0v) is 17.9. The normalized spacial score (nSPS) is 11.8. The van der Waals surface area contributed by atoms with Gasteiger partial charge in [0.15, 0.2) is 11.0 Å². The monoisotopic (exact) mass is 432 g/mol. The molecule has 0 fully saturated rings. The summed E-state index contributed by atoms with van der Waals surface area (Å²) in [6, 6.07) is 23.8. The van der Waals surface area contributed by atoms with Crippen molar-refractivity contribution in [1.29, 1.82) is 0 Å². The first-order chi connectivity index (χ1) is 15.0. The van der Waals surface area contributed by atoms with E-state index in [0.29, 0.717) is 11.0 Å². The van der Waals surface area contributed by atoms with E-state index in [4.69, 9.17) is 0 Å². The van der Waals surface area contributed by atoms with Gasteiger partial charge >= 0.3 is 0 Å². The Kier molecular flexibility index (Phi) is 6.13. The number of anilines is 1. The minimum absolute atomic E-state index is 0.125. The Bertz CT molecular complexity index is 1190. The van der Waals surface area contributed by atoms with E-state index in [0.717, 1.165) is 22.4 Å². The summed E-state index contributed by atoms with van der Waals surface area (Å²) < 4.78 is 15.0. The Morgan fingerprint density at radius 1 is 0.935 bits per heavy atom. The maximum Gasteiger partial charge on any atom is 0.237 e. The number of nitrogens with one attached hydrogen (secondary N) is 1. The maximum atomic E-state index is 13.2. The second kappa shape index (κ2) is 9.14. The first kappa shape index (κ1) is 20.8. The Balaban J connectivity index is 1.49. The fourth-order valence-electron chi connectivity index (χ4n) is 3.18. The summed E-state index contributed by atoms with van der Waals surface area (Å²) in [7, 11) is 1.83. The first-order valence-corrected chi connectivity index (χ1v) is 10.7. The second-order valence-electron chi connectivity index (χ2n) is 7.03. The van der Waals surface area contributed by atoms with Gasteiger partial charge in [-0.05, 0) is 42.8 Å². The van der Waals surface area contributed by atoms with Crippen LogP contribution >= 0.6 is 11.8 Å². The molecule has 31 heavy (non-hydrogen) atoms. The predicted molar refractivity (Wildman–Crippen MR) is 122 cm³/mol. The summed E-state index contributed by atoms with van der Waals surface area (Å²) in [5.41, 5.74) is 3.52. The Morgan fingerprint density at radius 3 is 2.35 bits per heavy atom. The summed E-state index contributed by atoms with van der Waals surface area (Å²) in [6.07, 6.45) is 0. The van der Waals surface area contributed by atoms with Crippen molar-refractivity contribution in [2.75, 3.05) is 5.32 Å². The van der Waals surface area contributed by atoms with Crippen molar-refractivity contribution in [3.63, 3.8) is 0 Å². The van der Waals surface area contributed by atoms with Gasteiger partial charge in [-0.3, -0.25) is 4.79 Å². The molecule has 0 saturated carbocycles. The van der Waals surface area contributed by atoms with Gasteiger partial charge in [0.25, 0.3) is 0 Å². The number of halogens is 1. The van der Waals surface area contributed by atoms with Gasteiger partial charge in [0, 0.05) is 23.9 Å². The second-order valence-corrected chi connectivity index (χ2v) is 8.34. The van der Waals surface area contributed by atoms with E-state index in [1.807, 2.05) is 68.6 Å². The van der Waals surface area contributed by atoms with E-state index in [1.54, 1.807) is 16.7 Å². The van der Waals surface area contributed by atoms with Crippen molar-refractivity contribution >= 4 is 23.4 Å². The number of para-hydroxylation sites is 1. The topological polar surface area (TPSA) is 59.8 Å². The fourth-order valence-corrected chi connectivity index (χ4v) is 3.99. The average Bonchev–Trinajstić information content (AvgIpc) is 3.15. The first-order valence-electron chi connectivity index (χ1n) is 9.80. The maximum absolute atomic E-state index is 13.2. The van der Waals surface area contributed by atoms with Crippen LogP contribution in [0.25, 0.3) is 22.5 Å². The average molecular weight is 433 g/mol. The molecule has 5 nitrogen and oxygen atoms in total. The third kappa shape index (κ3) is 4.67. The number of carbonyl (C=O) groups is 1. The summed E-state index contributed by atoms with van der Waals surface area (Å²) >= 11 is 1.32. The molecular weight excluding hydrogens is 411 g/mol. The third-order valence-electron chi connectivity index (χ3n) is 4.86. The fraction of sp³-hybridized carbons (Fsp3) is 0.125. The number of benzene rings is 3. The molecule has 1 heterocycles. The Labute approximate surface area is 184 Å². The molecule has 156 valence electrons. The van der Waals surface area contributed by atoms with Crippen LogP contribution in [0.1, 0.15) is 6.92 Å². The van der Waals surface area contributed by atoms with Gasteiger partial charge in [0.2, 0.25) is 5.91 Å². The standard InChI is InChI=1S/C24H21FN4OS/c1-16(31-24-28-27-22(29(24)2)18-12-14-19(25)15-13-18)23(30)26-21-11-7-6-10-20(21)17-8-4-3-5-9-17/h3-16H,1-2H3,(H,26,30). The number of thioether (sulfide) groups is 1. The summed E-state index contributed by atoms with van der Waals surface area (Å²) in [5.74, 6) is 0.186. The molecule has 4 rings (SSSR count). The van der Waals surface area contributed by atoms with Crippen molar-refractivity contribution in [2.24, 2.45) is 7.05 Å². The highest BCUT2D eigenvalue weighted by molar-refractivity contribution is 8.00. The molecule has 1 amide bonds. The van der Waals surface area contributed by atoms with Crippen molar-refractivity contribution in [3.8, 4) is 22.5 Å². The van der Waals surface area contributed by atoms with Crippen LogP contribution in [0.3, 0.4) is 0 Å². The molecule has 0 aliphatic heterocycles. The number of nitrogens with zero attached hydrogens (tertiary/aromatic N) is 3. The number of aromatic nitrogens is 3. The molecule has 0 saturated heterocycles. The zero-order chi connectivity index (χ0) is 21.8. The van der Waals surface area contributed by atoms with Crippen molar-refractivity contribution in [2.45, 2.75) is 17.3 Å². The molecule has 0 radical (unpaired) electrons. The van der Waals surface area contributed by atoms with Gasteiger partial charge in [-0.15, -0.1) is 10.2 Å². The lowest BCUT2D eigenvalue weighted by Gasteiger charge is -2.15. The van der Waals surface area contributed by atoms with Crippen LogP contribution in [-0.4, -0.2) is 25.9 Å². The lowest BCUT2D eigenvalue weighted by atomic mass is 10.0. The number of hydrogen-bond acceptors (Lipinski definition) is 4. The van der Waals surface area contributed by atoms with Gasteiger partial charge in [-0.2, -0.15) is 0 Å². The SMILES string of the molecule is CC(Sc1nnc(-c2ccc(F)cc2)n1C)C(=O)Nc1ccccc1-c1ccccc1. The van der Waals surface area contributed by atoms with E-state index in [-0.39, 0.29) is 11.7 Å². The van der Waals surface area contributed by atoms with E-state index in [2.05, 4.69) is 15.5 Å². The predicted octanol–water partition coefficient (Wildman–Crippen LogP) is 5.41. The van der Waals surface area contributed by atoms with Crippen LogP contribution in [0.5, 0.6) is 0 Å².